The maximum absolute atomic E-state index is 12.3. The lowest BCUT2D eigenvalue weighted by atomic mass is 10.3. The minimum atomic E-state index is -0.357. The SMILES string of the molecule is O=C(Nc1ccc(Br)cc1Br)c1ccc(Cn2ccccc2=O)o1. The molecular formula is C17H12Br2N2O3. The minimum absolute atomic E-state index is 0.126. The zero-order valence-corrected chi connectivity index (χ0v) is 15.5. The number of anilines is 1. The first kappa shape index (κ1) is 16.7. The molecule has 2 aromatic heterocycles. The van der Waals surface area contributed by atoms with Gasteiger partial charge in [0.05, 0.1) is 12.2 Å². The number of rotatable bonds is 4. The van der Waals surface area contributed by atoms with Gasteiger partial charge in [0.25, 0.3) is 11.5 Å². The van der Waals surface area contributed by atoms with Crippen LogP contribution in [0, 0.1) is 0 Å². The van der Waals surface area contributed by atoms with Gasteiger partial charge in [-0.05, 0) is 52.3 Å². The highest BCUT2D eigenvalue weighted by atomic mass is 79.9. The average molecular weight is 452 g/mol. The smallest absolute Gasteiger partial charge is 0.291 e. The summed E-state index contributed by atoms with van der Waals surface area (Å²) in [5.74, 6) is 0.358. The van der Waals surface area contributed by atoms with Crippen molar-refractivity contribution in [2.75, 3.05) is 5.32 Å². The van der Waals surface area contributed by atoms with Gasteiger partial charge in [-0.2, -0.15) is 0 Å². The quantitative estimate of drug-likeness (QED) is 0.644. The third kappa shape index (κ3) is 3.85. The zero-order valence-electron chi connectivity index (χ0n) is 12.3. The highest BCUT2D eigenvalue weighted by molar-refractivity contribution is 9.11. The van der Waals surface area contributed by atoms with Crippen LogP contribution in [0.5, 0.6) is 0 Å². The number of benzene rings is 1. The zero-order chi connectivity index (χ0) is 17.1. The average Bonchev–Trinajstić information content (AvgIpc) is 3.01. The molecule has 0 aliphatic heterocycles. The number of carbonyl (C=O) groups excluding carboxylic acids is 1. The fourth-order valence-corrected chi connectivity index (χ4v) is 3.27. The maximum Gasteiger partial charge on any atom is 0.291 e. The van der Waals surface area contributed by atoms with Crippen LogP contribution in [0.25, 0.3) is 0 Å². The Morgan fingerprint density at radius 2 is 1.96 bits per heavy atom. The highest BCUT2D eigenvalue weighted by Gasteiger charge is 2.13. The topological polar surface area (TPSA) is 64.2 Å². The van der Waals surface area contributed by atoms with Crippen LogP contribution >= 0.6 is 31.9 Å². The summed E-state index contributed by atoms with van der Waals surface area (Å²) >= 11 is 6.75. The lowest BCUT2D eigenvalue weighted by Crippen LogP contribution is -2.18. The van der Waals surface area contributed by atoms with E-state index >= 15 is 0 Å². The molecule has 24 heavy (non-hydrogen) atoms. The van der Waals surface area contributed by atoms with Gasteiger partial charge in [0, 0.05) is 21.2 Å². The fourth-order valence-electron chi connectivity index (χ4n) is 2.12. The van der Waals surface area contributed by atoms with Crippen molar-refractivity contribution in [1.82, 2.24) is 4.57 Å². The molecule has 1 aromatic carbocycles. The van der Waals surface area contributed by atoms with Gasteiger partial charge < -0.3 is 14.3 Å². The molecule has 5 nitrogen and oxygen atoms in total. The Hall–Kier alpha value is -2.12. The van der Waals surface area contributed by atoms with Crippen molar-refractivity contribution < 1.29 is 9.21 Å². The monoisotopic (exact) mass is 450 g/mol. The molecule has 2 heterocycles. The normalized spacial score (nSPS) is 10.6. The van der Waals surface area contributed by atoms with Crippen molar-refractivity contribution in [2.45, 2.75) is 6.54 Å². The van der Waals surface area contributed by atoms with Crippen LogP contribution in [0.15, 0.2) is 72.9 Å². The molecule has 0 radical (unpaired) electrons. The molecule has 3 aromatic rings. The van der Waals surface area contributed by atoms with E-state index in [0.29, 0.717) is 11.4 Å². The van der Waals surface area contributed by atoms with Crippen molar-refractivity contribution >= 4 is 43.5 Å². The van der Waals surface area contributed by atoms with Crippen molar-refractivity contribution in [1.29, 1.82) is 0 Å². The van der Waals surface area contributed by atoms with Gasteiger partial charge in [0.2, 0.25) is 0 Å². The van der Waals surface area contributed by atoms with Crippen LogP contribution in [-0.2, 0) is 6.54 Å². The van der Waals surface area contributed by atoms with E-state index in [1.165, 1.54) is 10.6 Å². The second-order valence-electron chi connectivity index (χ2n) is 5.01. The highest BCUT2D eigenvalue weighted by Crippen LogP contribution is 2.26. The molecule has 0 bridgehead atoms. The summed E-state index contributed by atoms with van der Waals surface area (Å²) in [6.07, 6.45) is 1.67. The molecule has 1 amide bonds. The van der Waals surface area contributed by atoms with Gasteiger partial charge in [0.1, 0.15) is 5.76 Å². The number of nitrogens with one attached hydrogen (secondary N) is 1. The van der Waals surface area contributed by atoms with Crippen molar-refractivity contribution in [3.05, 3.63) is 85.5 Å². The van der Waals surface area contributed by atoms with Crippen LogP contribution in [0.1, 0.15) is 16.3 Å². The molecule has 0 aliphatic carbocycles. The Bertz CT molecular complexity index is 947. The van der Waals surface area contributed by atoms with Gasteiger partial charge in [0.15, 0.2) is 5.76 Å². The Morgan fingerprint density at radius 1 is 1.12 bits per heavy atom. The number of hydrogen-bond acceptors (Lipinski definition) is 3. The molecule has 122 valence electrons. The molecule has 0 spiro atoms. The molecule has 0 atom stereocenters. The van der Waals surface area contributed by atoms with Crippen LogP contribution in [0.3, 0.4) is 0 Å². The summed E-state index contributed by atoms with van der Waals surface area (Å²) < 4.78 is 8.71. The third-order valence-corrected chi connectivity index (χ3v) is 4.44. The molecule has 0 aliphatic rings. The van der Waals surface area contributed by atoms with E-state index in [2.05, 4.69) is 37.2 Å². The predicted molar refractivity (Wildman–Crippen MR) is 98.3 cm³/mol. The van der Waals surface area contributed by atoms with Gasteiger partial charge in [-0.25, -0.2) is 0 Å². The van der Waals surface area contributed by atoms with E-state index < -0.39 is 0 Å². The number of hydrogen-bond donors (Lipinski definition) is 1. The first-order valence-corrected chi connectivity index (χ1v) is 8.62. The van der Waals surface area contributed by atoms with Crippen LogP contribution in [0.2, 0.25) is 0 Å². The predicted octanol–water partition coefficient (Wildman–Crippen LogP) is 4.27. The second-order valence-corrected chi connectivity index (χ2v) is 6.78. The molecule has 0 unspecified atom stereocenters. The van der Waals surface area contributed by atoms with Gasteiger partial charge >= 0.3 is 0 Å². The van der Waals surface area contributed by atoms with E-state index in [-0.39, 0.29) is 23.8 Å². The maximum atomic E-state index is 12.3. The molecule has 7 heteroatoms. The van der Waals surface area contributed by atoms with E-state index in [1.54, 1.807) is 36.5 Å². The summed E-state index contributed by atoms with van der Waals surface area (Å²) in [6, 6.07) is 13.6. The Labute approximate surface area is 154 Å². The van der Waals surface area contributed by atoms with Crippen LogP contribution < -0.4 is 10.9 Å². The van der Waals surface area contributed by atoms with Crippen molar-refractivity contribution in [3.63, 3.8) is 0 Å². The summed E-state index contributed by atoms with van der Waals surface area (Å²) in [7, 11) is 0. The minimum Gasteiger partial charge on any atom is -0.454 e. The molecule has 3 rings (SSSR count). The molecule has 0 saturated carbocycles. The Balaban J connectivity index is 1.74. The van der Waals surface area contributed by atoms with Crippen molar-refractivity contribution in [2.24, 2.45) is 0 Å². The summed E-state index contributed by atoms with van der Waals surface area (Å²) in [4.78, 5) is 24.0. The number of aromatic nitrogens is 1. The first-order chi connectivity index (χ1) is 11.5. The Kier molecular flexibility index (Phi) is 5.01. The standard InChI is InChI=1S/C17H12Br2N2O3/c18-11-4-6-14(13(19)9-11)20-17(23)15-7-5-12(24-15)10-21-8-2-1-3-16(21)22/h1-9H,10H2,(H,20,23). The fraction of sp³-hybridized carbons (Fsp3) is 0.0588. The largest absolute Gasteiger partial charge is 0.454 e. The van der Waals surface area contributed by atoms with E-state index in [9.17, 15) is 9.59 Å². The molecule has 0 saturated heterocycles. The number of carbonyl (C=O) groups is 1. The molecular weight excluding hydrogens is 440 g/mol. The molecule has 0 fully saturated rings. The molecule has 1 N–H and O–H groups in total. The number of nitrogens with zero attached hydrogens (tertiary/aromatic N) is 1. The number of furan rings is 1. The van der Waals surface area contributed by atoms with Gasteiger partial charge in [-0.1, -0.05) is 22.0 Å². The second kappa shape index (κ2) is 7.19. The van der Waals surface area contributed by atoms with Gasteiger partial charge in [-0.15, -0.1) is 0 Å². The summed E-state index contributed by atoms with van der Waals surface area (Å²) in [5, 5.41) is 2.77. The van der Waals surface area contributed by atoms with E-state index in [1.807, 2.05) is 12.1 Å². The summed E-state index contributed by atoms with van der Waals surface area (Å²) in [6.45, 7) is 0.273. The summed E-state index contributed by atoms with van der Waals surface area (Å²) in [5.41, 5.74) is 0.513. The van der Waals surface area contributed by atoms with E-state index in [4.69, 9.17) is 4.42 Å². The van der Waals surface area contributed by atoms with Gasteiger partial charge in [-0.3, -0.25) is 9.59 Å². The Morgan fingerprint density at radius 3 is 2.71 bits per heavy atom. The van der Waals surface area contributed by atoms with E-state index in [0.717, 1.165) is 8.95 Å². The number of amides is 1. The third-order valence-electron chi connectivity index (χ3n) is 3.29. The van der Waals surface area contributed by atoms with Crippen LogP contribution in [-0.4, -0.2) is 10.5 Å². The van der Waals surface area contributed by atoms with Crippen molar-refractivity contribution in [3.8, 4) is 0 Å². The van der Waals surface area contributed by atoms with Crippen LogP contribution in [0.4, 0.5) is 5.69 Å². The first-order valence-electron chi connectivity index (χ1n) is 7.03. The number of halogens is 2. The lowest BCUT2D eigenvalue weighted by molar-refractivity contribution is 0.0994. The lowest BCUT2D eigenvalue weighted by Gasteiger charge is -2.06. The number of pyridine rings is 1.